The highest BCUT2D eigenvalue weighted by Gasteiger charge is 2.20. The monoisotopic (exact) mass is 405 g/mol. The number of phenolic OH excluding ortho intramolecular Hbond substituents is 1. The standard InChI is InChI=1S/C22H23N5O3/c1-15-13-20(25-21(23-15)17-6-2-3-8-19(17)28)27-11-9-26(10-12-27)14-16-5-4-7-18(24-16)22(29)30/h2-8,13,28H,9-12,14H2,1H3,(H,29,30). The van der Waals surface area contributed by atoms with Gasteiger partial charge in [-0.25, -0.2) is 19.7 Å². The Bertz CT molecular complexity index is 1060. The van der Waals surface area contributed by atoms with Crippen molar-refractivity contribution in [3.05, 3.63) is 65.6 Å². The molecule has 8 heteroatoms. The molecule has 4 rings (SSSR count). The first-order valence-electron chi connectivity index (χ1n) is 9.80. The number of carboxylic acid groups (broad SMARTS) is 1. The molecule has 0 unspecified atom stereocenters. The van der Waals surface area contributed by atoms with Crippen LogP contribution in [0.3, 0.4) is 0 Å². The number of aryl methyl sites for hydroxylation is 1. The van der Waals surface area contributed by atoms with E-state index in [9.17, 15) is 9.90 Å². The third-order valence-electron chi connectivity index (χ3n) is 5.09. The molecule has 8 nitrogen and oxygen atoms in total. The predicted molar refractivity (Wildman–Crippen MR) is 113 cm³/mol. The summed E-state index contributed by atoms with van der Waals surface area (Å²) in [7, 11) is 0. The maximum atomic E-state index is 11.1. The summed E-state index contributed by atoms with van der Waals surface area (Å²) in [5.41, 5.74) is 2.28. The Labute approximate surface area is 174 Å². The minimum atomic E-state index is -1.01. The molecule has 0 spiro atoms. The number of carboxylic acids is 1. The van der Waals surface area contributed by atoms with Crippen LogP contribution in [0, 0.1) is 6.92 Å². The van der Waals surface area contributed by atoms with Crippen molar-refractivity contribution in [1.82, 2.24) is 19.9 Å². The van der Waals surface area contributed by atoms with Crippen LogP contribution in [0.4, 0.5) is 5.82 Å². The number of pyridine rings is 1. The van der Waals surface area contributed by atoms with E-state index in [2.05, 4.69) is 24.8 Å². The van der Waals surface area contributed by atoms with Crippen molar-refractivity contribution in [2.75, 3.05) is 31.1 Å². The summed E-state index contributed by atoms with van der Waals surface area (Å²) in [6.07, 6.45) is 0. The zero-order valence-corrected chi connectivity index (χ0v) is 16.7. The topological polar surface area (TPSA) is 103 Å². The molecular weight excluding hydrogens is 382 g/mol. The van der Waals surface area contributed by atoms with E-state index in [4.69, 9.17) is 5.11 Å². The van der Waals surface area contributed by atoms with Crippen LogP contribution in [0.5, 0.6) is 5.75 Å². The number of phenols is 1. The quantitative estimate of drug-likeness (QED) is 0.668. The van der Waals surface area contributed by atoms with Gasteiger partial charge < -0.3 is 15.1 Å². The first-order chi connectivity index (χ1) is 14.5. The fourth-order valence-electron chi connectivity index (χ4n) is 3.55. The van der Waals surface area contributed by atoms with E-state index in [1.54, 1.807) is 18.2 Å². The minimum Gasteiger partial charge on any atom is -0.507 e. The Kier molecular flexibility index (Phi) is 5.58. The average Bonchev–Trinajstić information content (AvgIpc) is 2.74. The zero-order chi connectivity index (χ0) is 21.1. The number of rotatable bonds is 5. The largest absolute Gasteiger partial charge is 0.507 e. The molecule has 2 N–H and O–H groups in total. The highest BCUT2D eigenvalue weighted by molar-refractivity contribution is 5.85. The van der Waals surface area contributed by atoms with Gasteiger partial charge in [0.1, 0.15) is 17.3 Å². The molecule has 1 aromatic carbocycles. The molecule has 3 heterocycles. The van der Waals surface area contributed by atoms with Crippen LogP contribution in [0.1, 0.15) is 21.9 Å². The molecule has 2 aromatic heterocycles. The van der Waals surface area contributed by atoms with Gasteiger partial charge in [0.25, 0.3) is 0 Å². The summed E-state index contributed by atoms with van der Waals surface area (Å²) in [6.45, 7) is 5.74. The maximum Gasteiger partial charge on any atom is 0.354 e. The molecule has 0 bridgehead atoms. The number of carbonyl (C=O) groups is 1. The molecule has 30 heavy (non-hydrogen) atoms. The third-order valence-corrected chi connectivity index (χ3v) is 5.09. The van der Waals surface area contributed by atoms with Crippen LogP contribution >= 0.6 is 0 Å². The SMILES string of the molecule is Cc1cc(N2CCN(Cc3cccc(C(=O)O)n3)CC2)nc(-c2ccccc2O)n1. The maximum absolute atomic E-state index is 11.1. The molecule has 1 saturated heterocycles. The summed E-state index contributed by atoms with van der Waals surface area (Å²) in [6, 6.07) is 14.1. The third kappa shape index (κ3) is 4.38. The van der Waals surface area contributed by atoms with E-state index in [-0.39, 0.29) is 11.4 Å². The molecule has 0 aliphatic carbocycles. The van der Waals surface area contributed by atoms with Gasteiger partial charge in [-0.15, -0.1) is 0 Å². The van der Waals surface area contributed by atoms with Crippen LogP contribution < -0.4 is 4.90 Å². The number of para-hydroxylation sites is 1. The second-order valence-electron chi connectivity index (χ2n) is 7.29. The second-order valence-corrected chi connectivity index (χ2v) is 7.29. The Balaban J connectivity index is 1.45. The Morgan fingerprint density at radius 3 is 2.50 bits per heavy atom. The van der Waals surface area contributed by atoms with Crippen LogP contribution in [0.25, 0.3) is 11.4 Å². The van der Waals surface area contributed by atoms with E-state index in [0.29, 0.717) is 17.9 Å². The number of aromatic hydroxyl groups is 1. The van der Waals surface area contributed by atoms with Crippen molar-refractivity contribution < 1.29 is 15.0 Å². The highest BCUT2D eigenvalue weighted by atomic mass is 16.4. The Morgan fingerprint density at radius 1 is 1.00 bits per heavy atom. The lowest BCUT2D eigenvalue weighted by molar-refractivity contribution is 0.0690. The van der Waals surface area contributed by atoms with Gasteiger partial charge in [-0.1, -0.05) is 18.2 Å². The number of aromatic nitrogens is 3. The van der Waals surface area contributed by atoms with E-state index in [0.717, 1.165) is 43.4 Å². The summed E-state index contributed by atoms with van der Waals surface area (Å²) in [4.78, 5) is 29.0. The van der Waals surface area contributed by atoms with Crippen molar-refractivity contribution in [1.29, 1.82) is 0 Å². The lowest BCUT2D eigenvalue weighted by Crippen LogP contribution is -2.46. The summed E-state index contributed by atoms with van der Waals surface area (Å²) in [5, 5.41) is 19.3. The number of aromatic carboxylic acids is 1. The fourth-order valence-corrected chi connectivity index (χ4v) is 3.55. The first kappa shape index (κ1) is 19.8. The second kappa shape index (κ2) is 8.46. The lowest BCUT2D eigenvalue weighted by Gasteiger charge is -2.35. The number of hydrogen-bond donors (Lipinski definition) is 2. The van der Waals surface area contributed by atoms with Crippen molar-refractivity contribution in [3.8, 4) is 17.1 Å². The highest BCUT2D eigenvalue weighted by Crippen LogP contribution is 2.28. The van der Waals surface area contributed by atoms with Crippen LogP contribution in [0.2, 0.25) is 0 Å². The normalized spacial score (nSPS) is 14.6. The number of piperazine rings is 1. The number of nitrogens with zero attached hydrogens (tertiary/aromatic N) is 5. The van der Waals surface area contributed by atoms with Gasteiger partial charge >= 0.3 is 5.97 Å². The summed E-state index contributed by atoms with van der Waals surface area (Å²) >= 11 is 0. The van der Waals surface area contributed by atoms with Gasteiger partial charge in [0.15, 0.2) is 5.82 Å². The number of anilines is 1. The minimum absolute atomic E-state index is 0.0688. The van der Waals surface area contributed by atoms with E-state index in [1.807, 2.05) is 31.2 Å². The van der Waals surface area contributed by atoms with Crippen LogP contribution in [0.15, 0.2) is 48.5 Å². The molecule has 1 fully saturated rings. The smallest absolute Gasteiger partial charge is 0.354 e. The van der Waals surface area contributed by atoms with E-state index >= 15 is 0 Å². The van der Waals surface area contributed by atoms with Crippen molar-refractivity contribution in [3.63, 3.8) is 0 Å². The van der Waals surface area contributed by atoms with Gasteiger partial charge in [-0.2, -0.15) is 0 Å². The first-order valence-corrected chi connectivity index (χ1v) is 9.80. The molecule has 3 aromatic rings. The summed E-state index contributed by atoms with van der Waals surface area (Å²) < 4.78 is 0. The molecule has 0 atom stereocenters. The van der Waals surface area contributed by atoms with Crippen molar-refractivity contribution >= 4 is 11.8 Å². The molecule has 1 aliphatic rings. The van der Waals surface area contributed by atoms with E-state index in [1.165, 1.54) is 6.07 Å². The van der Waals surface area contributed by atoms with Gasteiger partial charge in [0.05, 0.1) is 11.3 Å². The van der Waals surface area contributed by atoms with Gasteiger partial charge in [0.2, 0.25) is 0 Å². The summed E-state index contributed by atoms with van der Waals surface area (Å²) in [5.74, 6) is 0.502. The molecule has 154 valence electrons. The molecular formula is C22H23N5O3. The molecule has 0 saturated carbocycles. The average molecular weight is 405 g/mol. The van der Waals surface area contributed by atoms with Crippen LogP contribution in [-0.4, -0.2) is 62.2 Å². The molecule has 0 amide bonds. The Hall–Kier alpha value is -3.52. The van der Waals surface area contributed by atoms with Gasteiger partial charge in [-0.05, 0) is 31.2 Å². The number of hydrogen-bond acceptors (Lipinski definition) is 7. The lowest BCUT2D eigenvalue weighted by atomic mass is 10.2. The Morgan fingerprint density at radius 2 is 1.77 bits per heavy atom. The van der Waals surface area contributed by atoms with Crippen molar-refractivity contribution in [2.24, 2.45) is 0 Å². The van der Waals surface area contributed by atoms with Gasteiger partial charge in [-0.3, -0.25) is 4.90 Å². The predicted octanol–water partition coefficient (Wildman–Crippen LogP) is 2.57. The zero-order valence-electron chi connectivity index (χ0n) is 16.7. The van der Waals surface area contributed by atoms with Crippen LogP contribution in [-0.2, 0) is 6.54 Å². The van der Waals surface area contributed by atoms with Crippen molar-refractivity contribution in [2.45, 2.75) is 13.5 Å². The fraction of sp³-hybridized carbons (Fsp3) is 0.273. The number of benzene rings is 1. The van der Waals surface area contributed by atoms with E-state index < -0.39 is 5.97 Å². The van der Waals surface area contributed by atoms with Gasteiger partial charge in [0, 0.05) is 44.5 Å². The molecule has 0 radical (unpaired) electrons. The molecule has 1 aliphatic heterocycles.